The molecular formula is C41H25N3. The van der Waals surface area contributed by atoms with Crippen molar-refractivity contribution in [3.63, 3.8) is 0 Å². The Bertz CT molecular complexity index is 2570. The van der Waals surface area contributed by atoms with Crippen molar-refractivity contribution in [2.24, 2.45) is 0 Å². The van der Waals surface area contributed by atoms with Crippen LogP contribution in [0.4, 0.5) is 0 Å². The van der Waals surface area contributed by atoms with Crippen LogP contribution in [0.5, 0.6) is 0 Å². The minimum atomic E-state index is 0.906. The van der Waals surface area contributed by atoms with Gasteiger partial charge in [-0.3, -0.25) is 0 Å². The Hall–Kier alpha value is -5.93. The topological polar surface area (TPSA) is 38.7 Å². The molecule has 3 heteroatoms. The molecular weight excluding hydrogens is 534 g/mol. The van der Waals surface area contributed by atoms with Gasteiger partial charge in [0.25, 0.3) is 0 Å². The lowest BCUT2D eigenvalue weighted by molar-refractivity contribution is 1.36. The second-order valence-electron chi connectivity index (χ2n) is 11.3. The van der Waals surface area contributed by atoms with Gasteiger partial charge in [0.2, 0.25) is 0 Å². The highest BCUT2D eigenvalue weighted by atomic mass is 14.8. The first kappa shape index (κ1) is 24.6. The quantitative estimate of drug-likeness (QED) is 0.202. The number of pyridine rings is 3. The molecule has 0 unspecified atom stereocenters. The van der Waals surface area contributed by atoms with Crippen LogP contribution in [0, 0.1) is 0 Å². The molecule has 0 radical (unpaired) electrons. The molecule has 0 atom stereocenters. The molecule has 6 aromatic carbocycles. The Labute approximate surface area is 254 Å². The first-order chi connectivity index (χ1) is 21.8. The highest BCUT2D eigenvalue weighted by Gasteiger charge is 2.11. The van der Waals surface area contributed by atoms with Crippen LogP contribution in [-0.4, -0.2) is 15.0 Å². The molecule has 0 spiro atoms. The minimum Gasteiger partial charge on any atom is -0.247 e. The summed E-state index contributed by atoms with van der Waals surface area (Å²) in [6.45, 7) is 0. The summed E-state index contributed by atoms with van der Waals surface area (Å²) in [7, 11) is 0. The Morgan fingerprint density at radius 3 is 1.39 bits per heavy atom. The number of fused-ring (bicyclic) bond motifs is 7. The number of hydrogen-bond donors (Lipinski definition) is 0. The number of hydrogen-bond acceptors (Lipinski definition) is 3. The van der Waals surface area contributed by atoms with Crippen molar-refractivity contribution in [3.8, 4) is 33.8 Å². The summed E-state index contributed by atoms with van der Waals surface area (Å²) in [6, 6.07) is 53.2. The van der Waals surface area contributed by atoms with Crippen molar-refractivity contribution in [2.45, 2.75) is 0 Å². The van der Waals surface area contributed by atoms with E-state index in [0.717, 1.165) is 66.5 Å². The van der Waals surface area contributed by atoms with Gasteiger partial charge in [0.05, 0.1) is 33.6 Å². The fourth-order valence-electron chi connectivity index (χ4n) is 6.29. The SMILES string of the molecule is c1cc(-c2ccc3ccc4ccccc4c3n2)cc(-c2ccc3ccc4ccc(-c5ccc6ccccc6c5)nc4c3n2)c1. The van der Waals surface area contributed by atoms with Gasteiger partial charge in [0.1, 0.15) is 0 Å². The summed E-state index contributed by atoms with van der Waals surface area (Å²) >= 11 is 0. The van der Waals surface area contributed by atoms with Crippen LogP contribution in [0.2, 0.25) is 0 Å². The zero-order chi connectivity index (χ0) is 29.0. The van der Waals surface area contributed by atoms with Gasteiger partial charge in [0, 0.05) is 38.2 Å². The van der Waals surface area contributed by atoms with E-state index < -0.39 is 0 Å². The zero-order valence-corrected chi connectivity index (χ0v) is 23.8. The maximum atomic E-state index is 5.20. The van der Waals surface area contributed by atoms with Gasteiger partial charge >= 0.3 is 0 Å². The van der Waals surface area contributed by atoms with E-state index in [4.69, 9.17) is 15.0 Å². The summed E-state index contributed by atoms with van der Waals surface area (Å²) in [5.41, 5.74) is 8.86. The van der Waals surface area contributed by atoms with Crippen molar-refractivity contribution < 1.29 is 0 Å². The second-order valence-corrected chi connectivity index (χ2v) is 11.3. The molecule has 44 heavy (non-hydrogen) atoms. The minimum absolute atomic E-state index is 0.906. The first-order valence-electron chi connectivity index (χ1n) is 14.9. The van der Waals surface area contributed by atoms with E-state index in [0.29, 0.717) is 0 Å². The standard InChI is InChI=1S/C41H25N3/c1-2-8-31-24-34(17-12-26(31)6-1)38-23-20-30-16-15-29-19-22-37(43-40(29)41(30)44-38)33-10-5-9-32(25-33)36-21-18-28-14-13-27-7-3-4-11-35(27)39(28)42-36/h1-25H. The highest BCUT2D eigenvalue weighted by Crippen LogP contribution is 2.32. The molecule has 204 valence electrons. The molecule has 3 heterocycles. The van der Waals surface area contributed by atoms with Gasteiger partial charge in [-0.2, -0.15) is 0 Å². The van der Waals surface area contributed by atoms with Gasteiger partial charge in [0.15, 0.2) is 0 Å². The molecule has 0 aliphatic heterocycles. The van der Waals surface area contributed by atoms with Crippen LogP contribution >= 0.6 is 0 Å². The van der Waals surface area contributed by atoms with Crippen LogP contribution in [-0.2, 0) is 0 Å². The Morgan fingerprint density at radius 2 is 0.727 bits per heavy atom. The lowest BCUT2D eigenvalue weighted by Crippen LogP contribution is -1.92. The first-order valence-corrected chi connectivity index (χ1v) is 14.9. The molecule has 0 bridgehead atoms. The van der Waals surface area contributed by atoms with Crippen LogP contribution in [0.25, 0.3) is 88.0 Å². The van der Waals surface area contributed by atoms with Crippen LogP contribution < -0.4 is 0 Å². The van der Waals surface area contributed by atoms with E-state index >= 15 is 0 Å². The van der Waals surface area contributed by atoms with Crippen molar-refractivity contribution in [1.82, 2.24) is 15.0 Å². The average Bonchev–Trinajstić information content (AvgIpc) is 3.10. The summed E-state index contributed by atoms with van der Waals surface area (Å²) < 4.78 is 0. The molecule has 0 aliphatic rings. The molecule has 9 rings (SSSR count). The van der Waals surface area contributed by atoms with Crippen molar-refractivity contribution >= 4 is 54.3 Å². The van der Waals surface area contributed by atoms with Gasteiger partial charge in [-0.15, -0.1) is 0 Å². The highest BCUT2D eigenvalue weighted by molar-refractivity contribution is 6.06. The van der Waals surface area contributed by atoms with E-state index in [1.807, 2.05) is 0 Å². The Morgan fingerprint density at radius 1 is 0.273 bits per heavy atom. The predicted octanol–water partition coefficient (Wildman–Crippen LogP) is 10.6. The monoisotopic (exact) mass is 559 g/mol. The number of nitrogens with zero attached hydrogens (tertiary/aromatic N) is 3. The largest absolute Gasteiger partial charge is 0.247 e. The summed E-state index contributed by atoms with van der Waals surface area (Å²) in [4.78, 5) is 15.5. The lowest BCUT2D eigenvalue weighted by Gasteiger charge is -2.10. The number of aromatic nitrogens is 3. The average molecular weight is 560 g/mol. The fourth-order valence-corrected chi connectivity index (χ4v) is 6.29. The lowest BCUT2D eigenvalue weighted by atomic mass is 10.0. The zero-order valence-electron chi connectivity index (χ0n) is 23.8. The molecule has 0 N–H and O–H groups in total. The molecule has 0 aliphatic carbocycles. The van der Waals surface area contributed by atoms with Crippen molar-refractivity contribution in [2.75, 3.05) is 0 Å². The molecule has 0 amide bonds. The van der Waals surface area contributed by atoms with Gasteiger partial charge in [-0.1, -0.05) is 121 Å². The second kappa shape index (κ2) is 9.82. The Kier molecular flexibility index (Phi) is 5.50. The summed E-state index contributed by atoms with van der Waals surface area (Å²) in [6.07, 6.45) is 0. The van der Waals surface area contributed by atoms with Crippen molar-refractivity contribution in [1.29, 1.82) is 0 Å². The molecule has 3 nitrogen and oxygen atoms in total. The van der Waals surface area contributed by atoms with E-state index in [1.165, 1.54) is 21.5 Å². The molecule has 0 fully saturated rings. The third-order valence-electron chi connectivity index (χ3n) is 8.60. The van der Waals surface area contributed by atoms with Gasteiger partial charge in [-0.25, -0.2) is 15.0 Å². The third-order valence-corrected chi connectivity index (χ3v) is 8.60. The van der Waals surface area contributed by atoms with E-state index in [9.17, 15) is 0 Å². The van der Waals surface area contributed by atoms with E-state index in [1.54, 1.807) is 0 Å². The maximum Gasteiger partial charge on any atom is 0.0972 e. The number of rotatable bonds is 3. The van der Waals surface area contributed by atoms with Crippen molar-refractivity contribution in [3.05, 3.63) is 152 Å². The predicted molar refractivity (Wildman–Crippen MR) is 184 cm³/mol. The van der Waals surface area contributed by atoms with Crippen LogP contribution in [0.3, 0.4) is 0 Å². The maximum absolute atomic E-state index is 5.20. The molecule has 0 saturated carbocycles. The van der Waals surface area contributed by atoms with E-state index in [2.05, 4.69) is 152 Å². The van der Waals surface area contributed by atoms with Crippen LogP contribution in [0.15, 0.2) is 152 Å². The number of benzene rings is 6. The summed E-state index contributed by atoms with van der Waals surface area (Å²) in [5, 5.41) is 8.09. The third kappa shape index (κ3) is 4.10. The smallest absolute Gasteiger partial charge is 0.0972 e. The van der Waals surface area contributed by atoms with Crippen LogP contribution in [0.1, 0.15) is 0 Å². The molecule has 3 aromatic heterocycles. The van der Waals surface area contributed by atoms with Gasteiger partial charge < -0.3 is 0 Å². The fraction of sp³-hybridized carbons (Fsp3) is 0. The molecule has 0 saturated heterocycles. The van der Waals surface area contributed by atoms with Gasteiger partial charge in [-0.05, 0) is 46.5 Å². The molecule has 9 aromatic rings. The van der Waals surface area contributed by atoms with E-state index in [-0.39, 0.29) is 0 Å². The Balaban J connectivity index is 1.15. The summed E-state index contributed by atoms with van der Waals surface area (Å²) in [5.74, 6) is 0. The normalized spacial score (nSPS) is 11.6.